The topological polar surface area (TPSA) is 48.1 Å². The molecule has 0 bridgehead atoms. The Labute approximate surface area is 773 Å². The number of hydrogen-bond acceptors (Lipinski definition) is 4. The van der Waals surface area contributed by atoms with Crippen molar-refractivity contribution < 1.29 is 0 Å². The summed E-state index contributed by atoms with van der Waals surface area (Å²) in [5.74, 6) is 12.5. The van der Waals surface area contributed by atoms with Gasteiger partial charge in [-0.3, -0.25) is 0 Å². The Kier molecular flexibility index (Phi) is 86.4. The largest absolute Gasteiger partial charge is 0.316 e. The van der Waals surface area contributed by atoms with E-state index in [1.165, 1.54) is 193 Å². The molecule has 9 fully saturated rings. The van der Waals surface area contributed by atoms with E-state index in [-0.39, 0.29) is 14.9 Å². The molecule has 5 saturated carbocycles. The highest BCUT2D eigenvalue weighted by Crippen LogP contribution is 2.63. The minimum absolute atomic E-state index is 0. The molecule has 4 saturated heterocycles. The van der Waals surface area contributed by atoms with Crippen LogP contribution in [0.2, 0.25) is 0 Å². The lowest BCUT2D eigenvalue weighted by molar-refractivity contribution is -0.0462. The Morgan fingerprint density at radius 2 is 0.417 bits per heavy atom. The molecule has 0 aromatic rings. The average molecular weight is 1710 g/mol. The number of nitrogens with one attached hydrogen (secondary N) is 4. The van der Waals surface area contributed by atoms with E-state index in [1.807, 2.05) is 125 Å². The summed E-state index contributed by atoms with van der Waals surface area (Å²) in [7, 11) is 0. The van der Waals surface area contributed by atoms with E-state index in [0.29, 0.717) is 59.8 Å². The van der Waals surface area contributed by atoms with Crippen LogP contribution in [0.15, 0.2) is 0 Å². The lowest BCUT2D eigenvalue weighted by atomic mass is 9.51. The zero-order chi connectivity index (χ0) is 95.7. The van der Waals surface area contributed by atoms with E-state index in [2.05, 4.69) is 291 Å². The summed E-state index contributed by atoms with van der Waals surface area (Å²) >= 11 is 0. The van der Waals surface area contributed by atoms with Gasteiger partial charge in [-0.1, -0.05) is 474 Å². The summed E-state index contributed by atoms with van der Waals surface area (Å²) < 4.78 is 0. The van der Waals surface area contributed by atoms with Crippen molar-refractivity contribution in [3.05, 3.63) is 0 Å². The van der Waals surface area contributed by atoms with Gasteiger partial charge in [-0.15, -0.1) is 0 Å². The highest BCUT2D eigenvalue weighted by atomic mass is 15.1. The van der Waals surface area contributed by atoms with Gasteiger partial charge in [0.15, 0.2) is 0 Å². The van der Waals surface area contributed by atoms with E-state index in [1.54, 1.807) is 0 Å². The third-order valence-electron chi connectivity index (χ3n) is 32.8. The van der Waals surface area contributed by atoms with E-state index in [4.69, 9.17) is 0 Å². The quantitative estimate of drug-likeness (QED) is 0.123. The molecular weight excluding hydrogens is 1450 g/mol. The number of rotatable bonds is 15. The summed E-state index contributed by atoms with van der Waals surface area (Å²) in [6.07, 6.45) is 34.7. The molecule has 4 heteroatoms. The maximum atomic E-state index is 3.67. The Hall–Kier alpha value is -0.160. The molecule has 0 spiro atoms. The lowest BCUT2D eigenvalue weighted by Crippen LogP contribution is -2.63. The highest BCUT2D eigenvalue weighted by Gasteiger charge is 2.54. The normalized spacial score (nSPS) is 20.0. The second kappa shape index (κ2) is 72.5. The Balaban J connectivity index is -0.000000121. The predicted molar refractivity (Wildman–Crippen MR) is 572 cm³/mol. The first-order valence-corrected chi connectivity index (χ1v) is 53.7. The van der Waals surface area contributed by atoms with E-state index < -0.39 is 0 Å². The van der Waals surface area contributed by atoms with Crippen LogP contribution in [0.4, 0.5) is 0 Å². The molecule has 9 rings (SSSR count). The second-order valence-corrected chi connectivity index (χ2v) is 43.8. The van der Waals surface area contributed by atoms with Crippen molar-refractivity contribution in [2.24, 2.45) is 143 Å². The monoisotopic (exact) mass is 1710 g/mol. The fraction of sp³-hybridized carbons (Fsp3) is 1.00. The summed E-state index contributed by atoms with van der Waals surface area (Å²) in [5.41, 5.74) is 6.84. The molecule has 5 aliphatic carbocycles. The molecule has 4 N–H and O–H groups in total. The van der Waals surface area contributed by atoms with Gasteiger partial charge in [0.1, 0.15) is 0 Å². The Morgan fingerprint density at radius 3 is 0.517 bits per heavy atom. The third-order valence-corrected chi connectivity index (χ3v) is 32.8. The van der Waals surface area contributed by atoms with Crippen LogP contribution in [0.25, 0.3) is 0 Å². The first-order valence-electron chi connectivity index (χ1n) is 53.7. The van der Waals surface area contributed by atoms with Gasteiger partial charge in [-0.25, -0.2) is 0 Å². The minimum Gasteiger partial charge on any atom is -0.316 e. The van der Waals surface area contributed by atoms with Crippen molar-refractivity contribution >= 4 is 0 Å². The molecule has 4 heterocycles. The molecule has 0 radical (unpaired) electrons. The van der Waals surface area contributed by atoms with Gasteiger partial charge < -0.3 is 21.3 Å². The fourth-order valence-corrected chi connectivity index (χ4v) is 23.4. The summed E-state index contributed by atoms with van der Waals surface area (Å²) in [4.78, 5) is 0. The van der Waals surface area contributed by atoms with E-state index in [0.717, 1.165) is 94.2 Å². The van der Waals surface area contributed by atoms with Crippen LogP contribution in [0.3, 0.4) is 0 Å². The Bertz CT molecular complexity index is 1840. The summed E-state index contributed by atoms with van der Waals surface area (Å²) in [5, 5.41) is 14.1. The second-order valence-electron chi connectivity index (χ2n) is 43.8. The zero-order valence-electron chi connectivity index (χ0n) is 94.9. The van der Waals surface area contributed by atoms with E-state index >= 15 is 0 Å². The first-order chi connectivity index (χ1) is 54.8. The van der Waals surface area contributed by atoms with Crippen molar-refractivity contribution in [1.82, 2.24) is 21.3 Å². The zero-order valence-corrected chi connectivity index (χ0v) is 94.9. The molecule has 4 aliphatic heterocycles. The molecule has 9 aliphatic rings. The van der Waals surface area contributed by atoms with Crippen LogP contribution < -0.4 is 21.3 Å². The van der Waals surface area contributed by atoms with Gasteiger partial charge in [-0.05, 0) is 252 Å². The molecule has 742 valence electrons. The molecule has 0 unspecified atom stereocenters. The van der Waals surface area contributed by atoms with Gasteiger partial charge >= 0.3 is 0 Å². The highest BCUT2D eigenvalue weighted by molar-refractivity contribution is 5.05. The fourth-order valence-electron chi connectivity index (χ4n) is 23.4. The summed E-state index contributed by atoms with van der Waals surface area (Å²) in [6, 6.07) is 0. The predicted octanol–water partition coefficient (Wildman–Crippen LogP) is 39.6. The Morgan fingerprint density at radius 1 is 0.183 bits per heavy atom. The van der Waals surface area contributed by atoms with Crippen LogP contribution >= 0.6 is 0 Å². The van der Waals surface area contributed by atoms with Crippen molar-refractivity contribution in [1.29, 1.82) is 0 Å². The molecule has 0 aromatic carbocycles. The smallest absolute Gasteiger partial charge is 0.0239 e. The average Bonchev–Trinajstić information content (AvgIpc) is 1.57. The van der Waals surface area contributed by atoms with Gasteiger partial charge in [0.25, 0.3) is 0 Å². The molecule has 0 atom stereocenters. The van der Waals surface area contributed by atoms with Crippen molar-refractivity contribution in [2.45, 2.75) is 575 Å². The van der Waals surface area contributed by atoms with Crippen molar-refractivity contribution in [3.8, 4) is 0 Å². The lowest BCUT2D eigenvalue weighted by Gasteiger charge is -2.54. The molecule has 120 heavy (non-hydrogen) atoms. The van der Waals surface area contributed by atoms with E-state index in [9.17, 15) is 0 Å². The third kappa shape index (κ3) is 42.8. The number of hydrogen-bond donors (Lipinski definition) is 4. The van der Waals surface area contributed by atoms with Crippen molar-refractivity contribution in [2.75, 3.05) is 39.3 Å². The molecule has 4 nitrogen and oxygen atoms in total. The van der Waals surface area contributed by atoms with Crippen molar-refractivity contribution in [3.63, 3.8) is 0 Å². The molecule has 0 aromatic heterocycles. The minimum atomic E-state index is 0. The van der Waals surface area contributed by atoms with Gasteiger partial charge in [0, 0.05) is 30.7 Å². The SMILES string of the molecule is C.C.CC.CC.CC.CC.CC.CC.CC.CC.CC.CC(C)(C)C1(C(C)(C)C)CCCCCC1.CC(C)C1(C(C)(C)C)CC1.CC(C)C1(C(C)C)CCC1.CC(C)C1(C(C)C)CCCC1.CC(C)C1(C(C)C)CCCCC1.CC(C)C1(C(C)C)CCCN1.CC(C)C1(C(C)C)CCN1.CC(C)C1(C(C)C)CCNC1.CC(C)C1(C(C)C)CNC1. The standard InChI is InChI=1S/C15H30.C12H24.C11H22.2C10H21N.2C10H20.2C9H19N.9C2H6.2CH4/c1-13(2,3)15(14(4,5)6)11-9-7-8-10-12-15;1-10(2)12(11(3)4)8-6-5-7-9-12;1-9(2)11(10(3)4)7-5-6-8-11;1-8(2)10(9(3)4)5-6-11-7-10;1-8(2)10(9(3)4)6-5-7-11-10;1-8(2)10(6-7-10)9(3,4)5;1-8(2)10(9(3)4)6-5-7-10;1-7(2)9(8(3)4)5-10-6-9;1-7(2)9(8(3)4)5-6-10-9;9*1-2;;/h7-12H2,1-6H3;10-11H,5-9H2,1-4H3;9-10H,5-8H2,1-4H3;2*8-9,11H,5-7H2,1-4H3;8H,6-7H2,1-5H3;8-9H,5-7H2,1-4H3;2*7-8,10H,5-6H2,1-4H3;9*1-2H3;2*1H4. The van der Waals surface area contributed by atoms with Crippen LogP contribution in [-0.4, -0.2) is 50.3 Å². The van der Waals surface area contributed by atoms with Gasteiger partial charge in [0.2, 0.25) is 0 Å². The molecular formula is C116H258N4. The van der Waals surface area contributed by atoms with Crippen LogP contribution in [0, 0.1) is 143 Å². The van der Waals surface area contributed by atoms with Gasteiger partial charge in [0.05, 0.1) is 0 Å². The van der Waals surface area contributed by atoms with Gasteiger partial charge in [-0.2, -0.15) is 0 Å². The van der Waals surface area contributed by atoms with Crippen LogP contribution in [0.1, 0.15) is 564 Å². The maximum absolute atomic E-state index is 3.67. The van der Waals surface area contributed by atoms with Crippen LogP contribution in [0.5, 0.6) is 0 Å². The van der Waals surface area contributed by atoms with Crippen LogP contribution in [-0.2, 0) is 0 Å². The summed E-state index contributed by atoms with van der Waals surface area (Å²) in [6.45, 7) is 136. The maximum Gasteiger partial charge on any atom is 0.0239 e. The molecule has 0 amide bonds. The first kappa shape index (κ1) is 143.